The van der Waals surface area contributed by atoms with Crippen LogP contribution in [-0.4, -0.2) is 36.4 Å². The maximum absolute atomic E-state index is 12.5. The summed E-state index contributed by atoms with van der Waals surface area (Å²) in [6, 6.07) is 3.91. The molecule has 1 aliphatic rings. The van der Waals surface area contributed by atoms with Crippen LogP contribution in [0.1, 0.15) is 24.8 Å². The number of carbonyl (C=O) groups excluding carboxylic acids is 1. The van der Waals surface area contributed by atoms with E-state index in [1.165, 1.54) is 0 Å². The van der Waals surface area contributed by atoms with Gasteiger partial charge in [0, 0.05) is 32.5 Å². The van der Waals surface area contributed by atoms with Crippen LogP contribution in [0.25, 0.3) is 0 Å². The smallest absolute Gasteiger partial charge is 0.230 e. The van der Waals surface area contributed by atoms with Crippen LogP contribution in [-0.2, 0) is 11.3 Å². The van der Waals surface area contributed by atoms with Gasteiger partial charge in [-0.15, -0.1) is 0 Å². The van der Waals surface area contributed by atoms with Gasteiger partial charge in [-0.1, -0.05) is 12.5 Å². The zero-order chi connectivity index (χ0) is 13.0. The van der Waals surface area contributed by atoms with Crippen molar-refractivity contribution in [1.29, 1.82) is 0 Å². The van der Waals surface area contributed by atoms with E-state index in [0.29, 0.717) is 6.54 Å². The molecule has 4 heteroatoms. The Morgan fingerprint density at radius 2 is 2.33 bits per heavy atom. The van der Waals surface area contributed by atoms with E-state index >= 15 is 0 Å². The van der Waals surface area contributed by atoms with E-state index in [-0.39, 0.29) is 11.3 Å². The summed E-state index contributed by atoms with van der Waals surface area (Å²) in [5.74, 6) is 0.256. The molecule has 0 aliphatic heterocycles. The van der Waals surface area contributed by atoms with Gasteiger partial charge in [0.25, 0.3) is 0 Å². The fourth-order valence-electron chi connectivity index (χ4n) is 2.65. The van der Waals surface area contributed by atoms with Crippen molar-refractivity contribution >= 4 is 5.91 Å². The van der Waals surface area contributed by atoms with Gasteiger partial charge in [0.2, 0.25) is 5.91 Å². The van der Waals surface area contributed by atoms with Gasteiger partial charge in [0.1, 0.15) is 0 Å². The van der Waals surface area contributed by atoms with E-state index < -0.39 is 0 Å². The molecule has 0 spiro atoms. The second-order valence-corrected chi connectivity index (χ2v) is 5.19. The van der Waals surface area contributed by atoms with E-state index in [1.807, 2.05) is 37.3 Å². The Bertz CT molecular complexity index is 401. The third-order valence-electron chi connectivity index (χ3n) is 3.77. The minimum absolute atomic E-state index is 0.161. The molecule has 1 N–H and O–H groups in total. The molecule has 0 unspecified atom stereocenters. The highest BCUT2D eigenvalue weighted by atomic mass is 16.2. The number of aromatic nitrogens is 1. The third-order valence-corrected chi connectivity index (χ3v) is 3.77. The molecule has 0 bridgehead atoms. The predicted molar refractivity (Wildman–Crippen MR) is 70.9 cm³/mol. The number of rotatable bonds is 5. The maximum Gasteiger partial charge on any atom is 0.230 e. The van der Waals surface area contributed by atoms with E-state index in [0.717, 1.165) is 31.4 Å². The van der Waals surface area contributed by atoms with Gasteiger partial charge < -0.3 is 10.2 Å². The van der Waals surface area contributed by atoms with Crippen LogP contribution in [0, 0.1) is 5.41 Å². The minimum Gasteiger partial charge on any atom is -0.341 e. The lowest BCUT2D eigenvalue weighted by Gasteiger charge is -2.42. The van der Waals surface area contributed by atoms with Crippen LogP contribution in [0.4, 0.5) is 0 Å². The first-order valence-electron chi connectivity index (χ1n) is 6.47. The molecule has 18 heavy (non-hydrogen) atoms. The Labute approximate surface area is 108 Å². The number of hydrogen-bond donors (Lipinski definition) is 1. The van der Waals surface area contributed by atoms with Crippen molar-refractivity contribution in [3.05, 3.63) is 30.1 Å². The van der Waals surface area contributed by atoms with Crippen LogP contribution >= 0.6 is 0 Å². The first-order chi connectivity index (χ1) is 8.68. The molecule has 4 nitrogen and oxygen atoms in total. The first-order valence-corrected chi connectivity index (χ1v) is 6.47. The second-order valence-electron chi connectivity index (χ2n) is 5.19. The molecular formula is C14H21N3O. The molecule has 1 aromatic rings. The molecular weight excluding hydrogens is 226 g/mol. The first kappa shape index (κ1) is 13.0. The van der Waals surface area contributed by atoms with E-state index in [9.17, 15) is 4.79 Å². The Balaban J connectivity index is 2.00. The predicted octanol–water partition coefficient (Wildman–Crippen LogP) is 1.43. The van der Waals surface area contributed by atoms with Crippen LogP contribution in [0.15, 0.2) is 24.5 Å². The number of nitrogens with one attached hydrogen (secondary N) is 1. The summed E-state index contributed by atoms with van der Waals surface area (Å²) >= 11 is 0. The lowest BCUT2D eigenvalue weighted by Crippen LogP contribution is -2.51. The van der Waals surface area contributed by atoms with Crippen molar-refractivity contribution < 1.29 is 4.79 Å². The molecule has 1 aromatic heterocycles. The van der Waals surface area contributed by atoms with Crippen molar-refractivity contribution in [3.8, 4) is 0 Å². The molecule has 1 fully saturated rings. The van der Waals surface area contributed by atoms with Gasteiger partial charge in [-0.05, 0) is 31.5 Å². The summed E-state index contributed by atoms with van der Waals surface area (Å²) in [5.41, 5.74) is 0.915. The SMILES string of the molecule is CNCC1(C(=O)N(C)Cc2cccnc2)CCC1. The highest BCUT2D eigenvalue weighted by molar-refractivity contribution is 5.83. The quantitative estimate of drug-likeness (QED) is 0.856. The molecule has 98 valence electrons. The fourth-order valence-corrected chi connectivity index (χ4v) is 2.65. The van der Waals surface area contributed by atoms with Crippen LogP contribution in [0.3, 0.4) is 0 Å². The van der Waals surface area contributed by atoms with E-state index in [1.54, 1.807) is 6.20 Å². The Hall–Kier alpha value is -1.42. The molecule has 0 radical (unpaired) electrons. The summed E-state index contributed by atoms with van der Waals surface area (Å²) in [7, 11) is 3.79. The Morgan fingerprint density at radius 3 is 2.83 bits per heavy atom. The van der Waals surface area contributed by atoms with Crippen molar-refractivity contribution in [2.45, 2.75) is 25.8 Å². The van der Waals surface area contributed by atoms with Crippen LogP contribution < -0.4 is 5.32 Å². The van der Waals surface area contributed by atoms with Gasteiger partial charge in [-0.25, -0.2) is 0 Å². The summed E-state index contributed by atoms with van der Waals surface area (Å²) in [5, 5.41) is 3.15. The molecule has 1 saturated carbocycles. The molecule has 2 rings (SSSR count). The second kappa shape index (κ2) is 5.48. The topological polar surface area (TPSA) is 45.2 Å². The zero-order valence-electron chi connectivity index (χ0n) is 11.1. The van der Waals surface area contributed by atoms with Crippen molar-refractivity contribution in [2.24, 2.45) is 5.41 Å². The highest BCUT2D eigenvalue weighted by Gasteiger charge is 2.44. The number of nitrogens with zero attached hydrogens (tertiary/aromatic N) is 2. The number of carbonyl (C=O) groups is 1. The van der Waals surface area contributed by atoms with Gasteiger partial charge in [0.15, 0.2) is 0 Å². The monoisotopic (exact) mass is 247 g/mol. The van der Waals surface area contributed by atoms with E-state index in [2.05, 4.69) is 10.3 Å². The van der Waals surface area contributed by atoms with Crippen LogP contribution in [0.2, 0.25) is 0 Å². The number of amides is 1. The van der Waals surface area contributed by atoms with Gasteiger partial charge >= 0.3 is 0 Å². The molecule has 1 aliphatic carbocycles. The summed E-state index contributed by atoms with van der Waals surface area (Å²) in [4.78, 5) is 18.4. The summed E-state index contributed by atoms with van der Waals surface area (Å²) in [6.07, 6.45) is 6.73. The zero-order valence-corrected chi connectivity index (χ0v) is 11.1. The van der Waals surface area contributed by atoms with Gasteiger partial charge in [0.05, 0.1) is 5.41 Å². The van der Waals surface area contributed by atoms with Crippen molar-refractivity contribution in [3.63, 3.8) is 0 Å². The van der Waals surface area contributed by atoms with Crippen molar-refractivity contribution in [2.75, 3.05) is 20.6 Å². The molecule has 1 amide bonds. The molecule has 0 aromatic carbocycles. The average Bonchev–Trinajstić information content (AvgIpc) is 2.34. The van der Waals surface area contributed by atoms with Gasteiger partial charge in [-0.3, -0.25) is 9.78 Å². The molecule has 0 saturated heterocycles. The standard InChI is InChI=1S/C14H21N3O/c1-15-11-14(6-4-7-14)13(18)17(2)10-12-5-3-8-16-9-12/h3,5,8-9,15H,4,6-7,10-11H2,1-2H3. The third kappa shape index (κ3) is 2.53. The fraction of sp³-hybridized carbons (Fsp3) is 0.571. The Kier molecular flexibility index (Phi) is 3.97. The summed E-state index contributed by atoms with van der Waals surface area (Å²) in [6.45, 7) is 1.42. The Morgan fingerprint density at radius 1 is 1.56 bits per heavy atom. The number of hydrogen-bond acceptors (Lipinski definition) is 3. The maximum atomic E-state index is 12.5. The normalized spacial score (nSPS) is 17.0. The van der Waals surface area contributed by atoms with Crippen LogP contribution in [0.5, 0.6) is 0 Å². The minimum atomic E-state index is -0.161. The number of pyridine rings is 1. The lowest BCUT2D eigenvalue weighted by atomic mass is 9.67. The molecule has 0 atom stereocenters. The van der Waals surface area contributed by atoms with Gasteiger partial charge in [-0.2, -0.15) is 0 Å². The van der Waals surface area contributed by atoms with E-state index in [4.69, 9.17) is 0 Å². The average molecular weight is 247 g/mol. The summed E-state index contributed by atoms with van der Waals surface area (Å²) < 4.78 is 0. The largest absolute Gasteiger partial charge is 0.341 e. The lowest BCUT2D eigenvalue weighted by molar-refractivity contribution is -0.146. The highest BCUT2D eigenvalue weighted by Crippen LogP contribution is 2.41. The van der Waals surface area contributed by atoms with Crippen molar-refractivity contribution in [1.82, 2.24) is 15.2 Å². The molecule has 1 heterocycles.